The van der Waals surface area contributed by atoms with E-state index in [1.54, 1.807) is 17.7 Å². The van der Waals surface area contributed by atoms with Crippen LogP contribution in [0.25, 0.3) is 11.4 Å². The fourth-order valence-electron chi connectivity index (χ4n) is 2.67. The van der Waals surface area contributed by atoms with E-state index in [4.69, 9.17) is 4.74 Å². The van der Waals surface area contributed by atoms with Crippen LogP contribution in [-0.2, 0) is 12.7 Å². The van der Waals surface area contributed by atoms with Crippen molar-refractivity contribution in [3.05, 3.63) is 71.5 Å². The van der Waals surface area contributed by atoms with E-state index in [2.05, 4.69) is 11.1 Å². The molecule has 0 bridgehead atoms. The van der Waals surface area contributed by atoms with Crippen molar-refractivity contribution < 1.29 is 17.9 Å². The topological polar surface area (TPSA) is 50.8 Å². The summed E-state index contributed by atoms with van der Waals surface area (Å²) in [7, 11) is 1.55. The zero-order valence-corrected chi connectivity index (χ0v) is 13.8. The van der Waals surface area contributed by atoms with Crippen LogP contribution in [0.3, 0.4) is 0 Å². The first-order valence-corrected chi connectivity index (χ1v) is 7.69. The Labute approximate surface area is 148 Å². The summed E-state index contributed by atoms with van der Waals surface area (Å²) in [5.41, 5.74) is 0.905. The van der Waals surface area contributed by atoms with E-state index in [0.29, 0.717) is 29.4 Å². The minimum atomic E-state index is -4.40. The van der Waals surface area contributed by atoms with Crippen LogP contribution in [0.4, 0.5) is 13.2 Å². The second-order valence-corrected chi connectivity index (χ2v) is 5.55. The molecule has 3 aromatic rings. The number of hydrogen-bond donors (Lipinski definition) is 0. The van der Waals surface area contributed by atoms with E-state index in [9.17, 15) is 18.4 Å². The third-order valence-electron chi connectivity index (χ3n) is 3.96. The average molecular weight is 357 g/mol. The van der Waals surface area contributed by atoms with E-state index < -0.39 is 11.7 Å². The minimum absolute atomic E-state index is 0.309. The number of imidazole rings is 1. The van der Waals surface area contributed by atoms with Crippen molar-refractivity contribution in [1.29, 1.82) is 5.26 Å². The highest BCUT2D eigenvalue weighted by Crippen LogP contribution is 2.31. The number of alkyl halides is 3. The van der Waals surface area contributed by atoms with Crippen molar-refractivity contribution in [3.63, 3.8) is 0 Å². The van der Waals surface area contributed by atoms with Gasteiger partial charge in [-0.3, -0.25) is 0 Å². The molecule has 0 fully saturated rings. The minimum Gasteiger partial charge on any atom is -0.496 e. The predicted molar refractivity (Wildman–Crippen MR) is 89.5 cm³/mol. The molecule has 0 aliphatic rings. The standard InChI is InChI=1S/C19H14F3N3O/c1-26-17-5-3-2-4-14(17)12-25-16(10-23)11-24-18(25)13-6-8-15(9-7-13)19(20,21)22/h2-9,11H,12H2,1H3. The number of para-hydroxylation sites is 1. The number of nitriles is 1. The molecule has 3 rings (SSSR count). The Morgan fingerprint density at radius 1 is 1.12 bits per heavy atom. The molecular formula is C19H14F3N3O. The lowest BCUT2D eigenvalue weighted by Gasteiger charge is -2.13. The number of halogens is 3. The lowest BCUT2D eigenvalue weighted by atomic mass is 10.1. The molecule has 0 unspecified atom stereocenters. The van der Waals surface area contributed by atoms with Gasteiger partial charge in [0.25, 0.3) is 0 Å². The van der Waals surface area contributed by atoms with Gasteiger partial charge in [0.05, 0.1) is 25.4 Å². The summed E-state index contributed by atoms with van der Waals surface area (Å²) in [6.07, 6.45) is -2.99. The molecule has 0 saturated heterocycles. The van der Waals surface area contributed by atoms with Gasteiger partial charge in [-0.2, -0.15) is 18.4 Å². The molecule has 7 heteroatoms. The molecule has 0 aliphatic carbocycles. The number of benzene rings is 2. The molecule has 2 aromatic carbocycles. The van der Waals surface area contributed by atoms with E-state index >= 15 is 0 Å². The normalized spacial score (nSPS) is 11.2. The molecule has 0 radical (unpaired) electrons. The molecule has 0 saturated carbocycles. The van der Waals surface area contributed by atoms with Crippen LogP contribution < -0.4 is 4.74 Å². The quantitative estimate of drug-likeness (QED) is 0.691. The van der Waals surface area contributed by atoms with Gasteiger partial charge in [0.2, 0.25) is 0 Å². The monoisotopic (exact) mass is 357 g/mol. The van der Waals surface area contributed by atoms with Crippen molar-refractivity contribution in [3.8, 4) is 23.2 Å². The van der Waals surface area contributed by atoms with E-state index in [-0.39, 0.29) is 0 Å². The maximum Gasteiger partial charge on any atom is 0.416 e. The van der Waals surface area contributed by atoms with Gasteiger partial charge in [-0.15, -0.1) is 0 Å². The first-order valence-electron chi connectivity index (χ1n) is 7.69. The smallest absolute Gasteiger partial charge is 0.416 e. The fourth-order valence-corrected chi connectivity index (χ4v) is 2.67. The third kappa shape index (κ3) is 3.40. The van der Waals surface area contributed by atoms with E-state index in [1.807, 2.05) is 18.2 Å². The van der Waals surface area contributed by atoms with Crippen LogP contribution in [0.15, 0.2) is 54.7 Å². The number of hydrogen-bond acceptors (Lipinski definition) is 3. The summed E-state index contributed by atoms with van der Waals surface area (Å²) >= 11 is 0. The van der Waals surface area contributed by atoms with Crippen LogP contribution in [-0.4, -0.2) is 16.7 Å². The molecule has 0 atom stereocenters. The van der Waals surface area contributed by atoms with Gasteiger partial charge in [0.1, 0.15) is 23.3 Å². The van der Waals surface area contributed by atoms with Crippen LogP contribution >= 0.6 is 0 Å². The number of rotatable bonds is 4. The highest BCUT2D eigenvalue weighted by molar-refractivity contribution is 5.58. The summed E-state index contributed by atoms with van der Waals surface area (Å²) in [4.78, 5) is 4.22. The molecule has 0 N–H and O–H groups in total. The Bertz CT molecular complexity index is 953. The van der Waals surface area contributed by atoms with Crippen LogP contribution in [0, 0.1) is 11.3 Å². The number of ether oxygens (including phenoxy) is 1. The Morgan fingerprint density at radius 3 is 2.42 bits per heavy atom. The van der Waals surface area contributed by atoms with Gasteiger partial charge in [0.15, 0.2) is 0 Å². The number of nitrogens with zero attached hydrogens (tertiary/aromatic N) is 3. The molecule has 1 heterocycles. The second kappa shape index (κ2) is 6.92. The van der Waals surface area contributed by atoms with Gasteiger partial charge >= 0.3 is 6.18 Å². The molecule has 0 spiro atoms. The summed E-state index contributed by atoms with van der Waals surface area (Å²) in [6.45, 7) is 0.309. The molecule has 1 aromatic heterocycles. The Morgan fingerprint density at radius 2 is 1.81 bits per heavy atom. The van der Waals surface area contributed by atoms with E-state index in [0.717, 1.165) is 17.7 Å². The van der Waals surface area contributed by atoms with Crippen molar-refractivity contribution in [1.82, 2.24) is 9.55 Å². The van der Waals surface area contributed by atoms with Gasteiger partial charge in [-0.1, -0.05) is 30.3 Å². The van der Waals surface area contributed by atoms with Gasteiger partial charge in [-0.25, -0.2) is 4.98 Å². The highest BCUT2D eigenvalue weighted by Gasteiger charge is 2.30. The summed E-state index contributed by atoms with van der Waals surface area (Å²) < 4.78 is 45.2. The van der Waals surface area contributed by atoms with Gasteiger partial charge in [0, 0.05) is 11.1 Å². The van der Waals surface area contributed by atoms with Crippen molar-refractivity contribution in [2.45, 2.75) is 12.7 Å². The lowest BCUT2D eigenvalue weighted by molar-refractivity contribution is -0.137. The largest absolute Gasteiger partial charge is 0.496 e. The second-order valence-electron chi connectivity index (χ2n) is 5.55. The molecule has 132 valence electrons. The lowest BCUT2D eigenvalue weighted by Crippen LogP contribution is -2.07. The molecular weight excluding hydrogens is 343 g/mol. The van der Waals surface area contributed by atoms with Crippen LogP contribution in [0.5, 0.6) is 5.75 Å². The zero-order valence-electron chi connectivity index (χ0n) is 13.8. The Balaban J connectivity index is 2.02. The molecule has 26 heavy (non-hydrogen) atoms. The molecule has 0 amide bonds. The van der Waals surface area contributed by atoms with Crippen molar-refractivity contribution in [2.24, 2.45) is 0 Å². The maximum atomic E-state index is 12.8. The SMILES string of the molecule is COc1ccccc1Cn1c(C#N)cnc1-c1ccc(C(F)(F)F)cc1. The van der Waals surface area contributed by atoms with Crippen molar-refractivity contribution >= 4 is 0 Å². The fraction of sp³-hybridized carbons (Fsp3) is 0.158. The first kappa shape index (κ1) is 17.5. The Hall–Kier alpha value is -3.27. The molecule has 4 nitrogen and oxygen atoms in total. The summed E-state index contributed by atoms with van der Waals surface area (Å²) in [6, 6.07) is 14.1. The Kier molecular flexibility index (Phi) is 4.67. The van der Waals surface area contributed by atoms with E-state index in [1.165, 1.54) is 18.3 Å². The molecule has 0 aliphatic heterocycles. The van der Waals surface area contributed by atoms with Crippen molar-refractivity contribution in [2.75, 3.05) is 7.11 Å². The average Bonchev–Trinajstić information content (AvgIpc) is 3.04. The number of methoxy groups -OCH3 is 1. The number of aromatic nitrogens is 2. The first-order chi connectivity index (χ1) is 12.4. The maximum absolute atomic E-state index is 12.8. The van der Waals surface area contributed by atoms with Crippen LogP contribution in [0.2, 0.25) is 0 Å². The zero-order chi connectivity index (χ0) is 18.7. The predicted octanol–water partition coefficient (Wildman–Crippen LogP) is 4.50. The third-order valence-corrected chi connectivity index (χ3v) is 3.96. The van der Waals surface area contributed by atoms with Crippen LogP contribution in [0.1, 0.15) is 16.8 Å². The summed E-state index contributed by atoms with van der Waals surface area (Å²) in [5.74, 6) is 1.07. The van der Waals surface area contributed by atoms with Gasteiger partial charge < -0.3 is 9.30 Å². The summed E-state index contributed by atoms with van der Waals surface area (Å²) in [5, 5.41) is 9.34. The highest BCUT2D eigenvalue weighted by atomic mass is 19.4. The van der Waals surface area contributed by atoms with Gasteiger partial charge in [-0.05, 0) is 18.2 Å².